The Bertz CT molecular complexity index is 763. The molecule has 2 fully saturated rings. The average molecular weight is 389 g/mol. The number of hydrogen-bond acceptors (Lipinski definition) is 4. The molecule has 2 amide bonds. The van der Waals surface area contributed by atoms with Crippen LogP contribution in [0.1, 0.15) is 38.1 Å². The van der Waals surface area contributed by atoms with E-state index < -0.39 is 0 Å². The Kier molecular flexibility index (Phi) is 5.48. The molecule has 1 aliphatic heterocycles. The molecule has 2 aromatic rings. The number of halogens is 1. The number of amides is 2. The van der Waals surface area contributed by atoms with Gasteiger partial charge in [-0.05, 0) is 25.0 Å². The van der Waals surface area contributed by atoms with E-state index in [2.05, 4.69) is 20.3 Å². The zero-order chi connectivity index (χ0) is 18.6. The Balaban J connectivity index is 1.34. The molecule has 144 valence electrons. The van der Waals surface area contributed by atoms with Crippen LogP contribution in [0.2, 0.25) is 5.02 Å². The molecule has 0 aromatic carbocycles. The zero-order valence-corrected chi connectivity index (χ0v) is 16.1. The molecule has 3 heterocycles. The first kappa shape index (κ1) is 18.1. The Hall–Kier alpha value is -2.28. The molecule has 0 unspecified atom stereocenters. The molecule has 0 spiro atoms. The van der Waals surface area contributed by atoms with Gasteiger partial charge in [0.15, 0.2) is 0 Å². The highest BCUT2D eigenvalue weighted by Crippen LogP contribution is 2.30. The van der Waals surface area contributed by atoms with Crippen LogP contribution in [0.4, 0.5) is 16.4 Å². The van der Waals surface area contributed by atoms with Gasteiger partial charge in [-0.3, -0.25) is 5.32 Å². The number of pyridine rings is 1. The fourth-order valence-corrected chi connectivity index (χ4v) is 4.02. The van der Waals surface area contributed by atoms with Gasteiger partial charge in [-0.1, -0.05) is 30.9 Å². The van der Waals surface area contributed by atoms with Crippen LogP contribution in [0, 0.1) is 0 Å². The van der Waals surface area contributed by atoms with E-state index >= 15 is 0 Å². The van der Waals surface area contributed by atoms with Gasteiger partial charge in [0.2, 0.25) is 0 Å². The maximum atomic E-state index is 12.7. The van der Waals surface area contributed by atoms with E-state index in [0.29, 0.717) is 24.2 Å². The van der Waals surface area contributed by atoms with Gasteiger partial charge in [0.05, 0.1) is 17.3 Å². The van der Waals surface area contributed by atoms with Gasteiger partial charge in [0.25, 0.3) is 0 Å². The predicted octanol–water partition coefficient (Wildman–Crippen LogP) is 3.79. The summed E-state index contributed by atoms with van der Waals surface area (Å²) in [6.45, 7) is 2.83. The molecular formula is C19H25ClN6O. The van der Waals surface area contributed by atoms with Crippen molar-refractivity contribution in [1.82, 2.24) is 19.7 Å². The van der Waals surface area contributed by atoms with Gasteiger partial charge in [-0.25, -0.2) is 14.5 Å². The minimum Gasteiger partial charge on any atom is -0.353 e. The molecule has 4 rings (SSSR count). The van der Waals surface area contributed by atoms with Crippen molar-refractivity contribution < 1.29 is 4.79 Å². The van der Waals surface area contributed by atoms with Crippen molar-refractivity contribution in [1.29, 1.82) is 0 Å². The summed E-state index contributed by atoms with van der Waals surface area (Å²) < 4.78 is 1.99. The molecule has 8 heteroatoms. The Morgan fingerprint density at radius 1 is 1.07 bits per heavy atom. The number of urea groups is 1. The first-order valence-electron chi connectivity index (χ1n) is 9.66. The third-order valence-corrected chi connectivity index (χ3v) is 5.65. The Labute approximate surface area is 164 Å². The van der Waals surface area contributed by atoms with Gasteiger partial charge in [-0.2, -0.15) is 5.10 Å². The number of nitrogens with one attached hydrogen (secondary N) is 1. The van der Waals surface area contributed by atoms with Gasteiger partial charge in [0, 0.05) is 38.4 Å². The molecule has 1 aliphatic carbocycles. The molecule has 2 aromatic heterocycles. The van der Waals surface area contributed by atoms with Crippen LogP contribution in [0.3, 0.4) is 0 Å². The second-order valence-corrected chi connectivity index (χ2v) is 7.63. The van der Waals surface area contributed by atoms with Crippen molar-refractivity contribution in [3.05, 3.63) is 35.6 Å². The molecule has 0 atom stereocenters. The van der Waals surface area contributed by atoms with E-state index in [-0.39, 0.29) is 6.03 Å². The van der Waals surface area contributed by atoms with E-state index in [1.807, 2.05) is 27.8 Å². The van der Waals surface area contributed by atoms with E-state index in [1.165, 1.54) is 19.3 Å². The van der Waals surface area contributed by atoms with Crippen molar-refractivity contribution in [3.8, 4) is 0 Å². The van der Waals surface area contributed by atoms with Crippen molar-refractivity contribution in [2.24, 2.45) is 0 Å². The first-order valence-corrected chi connectivity index (χ1v) is 10.0. The largest absolute Gasteiger partial charge is 0.353 e. The number of carbonyl (C=O) groups excluding carboxylic acids is 1. The summed E-state index contributed by atoms with van der Waals surface area (Å²) in [5.74, 6) is 1.70. The lowest BCUT2D eigenvalue weighted by Crippen LogP contribution is -2.50. The van der Waals surface area contributed by atoms with Gasteiger partial charge < -0.3 is 9.80 Å². The van der Waals surface area contributed by atoms with Gasteiger partial charge in [0.1, 0.15) is 11.6 Å². The lowest BCUT2D eigenvalue weighted by molar-refractivity contribution is 0.207. The monoisotopic (exact) mass is 388 g/mol. The van der Waals surface area contributed by atoms with Gasteiger partial charge >= 0.3 is 6.03 Å². The first-order chi connectivity index (χ1) is 13.2. The summed E-state index contributed by atoms with van der Waals surface area (Å²) in [4.78, 5) is 21.1. The second-order valence-electron chi connectivity index (χ2n) is 7.19. The zero-order valence-electron chi connectivity index (χ0n) is 15.4. The number of nitrogens with zero attached hydrogens (tertiary/aromatic N) is 5. The maximum absolute atomic E-state index is 12.7. The second kappa shape index (κ2) is 8.17. The number of anilines is 2. The summed E-state index contributed by atoms with van der Waals surface area (Å²) >= 11 is 5.90. The van der Waals surface area contributed by atoms with Crippen LogP contribution in [0.5, 0.6) is 0 Å². The number of carbonyl (C=O) groups is 1. The molecule has 0 bridgehead atoms. The normalized spacial score (nSPS) is 18.6. The van der Waals surface area contributed by atoms with Crippen molar-refractivity contribution >= 4 is 29.3 Å². The van der Waals surface area contributed by atoms with Crippen LogP contribution in [0.15, 0.2) is 30.6 Å². The number of rotatable bonds is 3. The van der Waals surface area contributed by atoms with E-state index in [4.69, 9.17) is 11.6 Å². The molecule has 1 saturated heterocycles. The Morgan fingerprint density at radius 2 is 1.85 bits per heavy atom. The molecular weight excluding hydrogens is 364 g/mol. The molecule has 27 heavy (non-hydrogen) atoms. The van der Waals surface area contributed by atoms with Gasteiger partial charge in [-0.15, -0.1) is 0 Å². The van der Waals surface area contributed by atoms with Crippen LogP contribution in [0.25, 0.3) is 0 Å². The topological polar surface area (TPSA) is 66.3 Å². The van der Waals surface area contributed by atoms with E-state index in [1.54, 1.807) is 12.4 Å². The van der Waals surface area contributed by atoms with E-state index in [9.17, 15) is 4.79 Å². The smallest absolute Gasteiger partial charge is 0.323 e. The highest BCUT2D eigenvalue weighted by molar-refractivity contribution is 6.30. The van der Waals surface area contributed by atoms with Crippen molar-refractivity contribution in [2.75, 3.05) is 36.4 Å². The number of aromatic nitrogens is 3. The third-order valence-electron chi connectivity index (χ3n) is 5.43. The van der Waals surface area contributed by atoms with Crippen LogP contribution in [-0.2, 0) is 0 Å². The molecule has 1 N–H and O–H groups in total. The lowest BCUT2D eigenvalue weighted by Gasteiger charge is -2.35. The quantitative estimate of drug-likeness (QED) is 0.868. The summed E-state index contributed by atoms with van der Waals surface area (Å²) in [6, 6.07) is 5.99. The Morgan fingerprint density at radius 3 is 2.56 bits per heavy atom. The summed E-state index contributed by atoms with van der Waals surface area (Å²) in [5, 5.41) is 8.14. The summed E-state index contributed by atoms with van der Waals surface area (Å²) in [7, 11) is 0. The number of piperazine rings is 1. The van der Waals surface area contributed by atoms with Crippen molar-refractivity contribution in [3.63, 3.8) is 0 Å². The van der Waals surface area contributed by atoms with Crippen LogP contribution >= 0.6 is 11.6 Å². The SMILES string of the molecule is O=C(Nc1ccnn1C1CCCCC1)N1CCN(c2ccc(Cl)cn2)CC1. The van der Waals surface area contributed by atoms with Crippen LogP contribution < -0.4 is 10.2 Å². The van der Waals surface area contributed by atoms with Crippen molar-refractivity contribution in [2.45, 2.75) is 38.1 Å². The van der Waals surface area contributed by atoms with Crippen LogP contribution in [-0.4, -0.2) is 51.9 Å². The van der Waals surface area contributed by atoms with E-state index in [0.717, 1.165) is 37.6 Å². The standard InChI is InChI=1S/C19H25ClN6O/c20-15-6-7-17(21-14-15)24-10-12-25(13-11-24)19(27)23-18-8-9-22-26(18)16-4-2-1-3-5-16/h6-9,14,16H,1-5,10-13H2,(H,23,27). The maximum Gasteiger partial charge on any atom is 0.323 e. The predicted molar refractivity (Wildman–Crippen MR) is 106 cm³/mol. The minimum absolute atomic E-state index is 0.0590. The fraction of sp³-hybridized carbons (Fsp3) is 0.526. The highest BCUT2D eigenvalue weighted by atomic mass is 35.5. The average Bonchev–Trinajstić information content (AvgIpc) is 3.17. The minimum atomic E-state index is -0.0590. The highest BCUT2D eigenvalue weighted by Gasteiger charge is 2.24. The molecule has 1 saturated carbocycles. The molecule has 2 aliphatic rings. The summed E-state index contributed by atoms with van der Waals surface area (Å²) in [5.41, 5.74) is 0. The third kappa shape index (κ3) is 4.18. The fourth-order valence-electron chi connectivity index (χ4n) is 3.91. The lowest BCUT2D eigenvalue weighted by atomic mass is 9.96. The molecule has 7 nitrogen and oxygen atoms in total. The molecule has 0 radical (unpaired) electrons. The summed E-state index contributed by atoms with van der Waals surface area (Å²) in [6.07, 6.45) is 9.47. The number of hydrogen-bond donors (Lipinski definition) is 1.